The Morgan fingerprint density at radius 1 is 1.36 bits per heavy atom. The highest BCUT2D eigenvalue weighted by Crippen LogP contribution is 2.45. The summed E-state index contributed by atoms with van der Waals surface area (Å²) in [5.41, 5.74) is 0.275. The van der Waals surface area contributed by atoms with Crippen molar-refractivity contribution in [1.82, 2.24) is 4.98 Å². The molecule has 1 N–H and O–H groups in total. The van der Waals surface area contributed by atoms with E-state index in [1.54, 1.807) is 0 Å². The predicted molar refractivity (Wildman–Crippen MR) is 85.3 cm³/mol. The summed E-state index contributed by atoms with van der Waals surface area (Å²) >= 11 is 1.36. The zero-order valence-corrected chi connectivity index (χ0v) is 13.2. The fourth-order valence-electron chi connectivity index (χ4n) is 2.81. The molecule has 1 aromatic heterocycles. The van der Waals surface area contributed by atoms with Crippen LogP contribution < -0.4 is 14.8 Å². The molecule has 0 atom stereocenters. The number of nitrogens with one attached hydrogen (secondary N) is 1. The standard InChI is InChI=1S/C14H17N3O4S/c1-20-10-7-9(17(18)19)11-13(12(10)21-2)22-14(16-11)15-8-5-3-4-6-8/h7-8H,3-6H2,1-2H3,(H,15,16). The third-order valence-electron chi connectivity index (χ3n) is 3.87. The highest BCUT2D eigenvalue weighted by molar-refractivity contribution is 7.22. The van der Waals surface area contributed by atoms with Crippen LogP contribution in [0.5, 0.6) is 11.5 Å². The minimum absolute atomic E-state index is 0.0663. The number of nitrogens with zero attached hydrogens (tertiary/aromatic N) is 2. The lowest BCUT2D eigenvalue weighted by Gasteiger charge is -2.09. The summed E-state index contributed by atoms with van der Waals surface area (Å²) in [5, 5.41) is 15.4. The maximum absolute atomic E-state index is 11.3. The van der Waals surface area contributed by atoms with Gasteiger partial charge in [-0.1, -0.05) is 24.2 Å². The largest absolute Gasteiger partial charge is 0.493 e. The number of anilines is 1. The zero-order valence-electron chi connectivity index (χ0n) is 12.4. The van der Waals surface area contributed by atoms with Crippen molar-refractivity contribution in [2.75, 3.05) is 19.5 Å². The van der Waals surface area contributed by atoms with Crippen LogP contribution in [0.4, 0.5) is 10.8 Å². The Hall–Kier alpha value is -2.09. The number of thiazole rings is 1. The molecule has 2 aromatic rings. The summed E-state index contributed by atoms with van der Waals surface area (Å²) in [6.07, 6.45) is 4.64. The fraction of sp³-hybridized carbons (Fsp3) is 0.500. The first-order valence-electron chi connectivity index (χ1n) is 7.10. The summed E-state index contributed by atoms with van der Waals surface area (Å²) in [6.45, 7) is 0. The second-order valence-corrected chi connectivity index (χ2v) is 6.21. The molecule has 3 rings (SSSR count). The van der Waals surface area contributed by atoms with E-state index in [0.29, 0.717) is 32.9 Å². The van der Waals surface area contributed by atoms with E-state index in [-0.39, 0.29) is 5.69 Å². The first kappa shape index (κ1) is 14.8. The summed E-state index contributed by atoms with van der Waals surface area (Å²) in [6, 6.07) is 1.76. The van der Waals surface area contributed by atoms with Gasteiger partial charge in [0.15, 0.2) is 22.1 Å². The number of ether oxygens (including phenoxy) is 2. The van der Waals surface area contributed by atoms with Crippen LogP contribution in [0.15, 0.2) is 6.07 Å². The normalized spacial score (nSPS) is 15.2. The van der Waals surface area contributed by atoms with E-state index in [9.17, 15) is 10.1 Å². The molecule has 7 nitrogen and oxygen atoms in total. The van der Waals surface area contributed by atoms with Crippen LogP contribution in [0.1, 0.15) is 25.7 Å². The van der Waals surface area contributed by atoms with Gasteiger partial charge in [0.1, 0.15) is 4.70 Å². The van der Waals surface area contributed by atoms with Crippen LogP contribution in [0.3, 0.4) is 0 Å². The molecule has 1 saturated carbocycles. The number of aromatic nitrogens is 1. The van der Waals surface area contributed by atoms with Gasteiger partial charge in [0.25, 0.3) is 5.69 Å². The predicted octanol–water partition coefficient (Wildman–Crippen LogP) is 3.58. The van der Waals surface area contributed by atoms with Gasteiger partial charge in [-0.25, -0.2) is 4.98 Å². The summed E-state index contributed by atoms with van der Waals surface area (Å²) in [5.74, 6) is 0.831. The Balaban J connectivity index is 2.10. The van der Waals surface area contributed by atoms with Crippen molar-refractivity contribution < 1.29 is 14.4 Å². The van der Waals surface area contributed by atoms with Crippen molar-refractivity contribution in [1.29, 1.82) is 0 Å². The molecular formula is C14H17N3O4S. The average molecular weight is 323 g/mol. The van der Waals surface area contributed by atoms with Crippen LogP contribution in [-0.2, 0) is 0 Å². The van der Waals surface area contributed by atoms with E-state index in [1.807, 2.05) is 0 Å². The molecular weight excluding hydrogens is 306 g/mol. The Bertz CT molecular complexity index is 710. The SMILES string of the molecule is COc1cc([N+](=O)[O-])c2nc(NC3CCCC3)sc2c1OC. The Kier molecular flexibility index (Phi) is 4.02. The lowest BCUT2D eigenvalue weighted by atomic mass is 10.2. The number of non-ortho nitro benzene ring substituents is 1. The number of hydrogen-bond acceptors (Lipinski definition) is 7. The van der Waals surface area contributed by atoms with E-state index in [1.165, 1.54) is 44.5 Å². The molecule has 22 heavy (non-hydrogen) atoms. The van der Waals surface area contributed by atoms with Gasteiger partial charge in [0.2, 0.25) is 0 Å². The Labute approximate surface area is 131 Å². The van der Waals surface area contributed by atoms with Gasteiger partial charge in [-0.3, -0.25) is 10.1 Å². The van der Waals surface area contributed by atoms with Crippen molar-refractivity contribution in [3.05, 3.63) is 16.2 Å². The van der Waals surface area contributed by atoms with Gasteiger partial charge in [0, 0.05) is 6.04 Å². The highest BCUT2D eigenvalue weighted by atomic mass is 32.1. The van der Waals surface area contributed by atoms with E-state index < -0.39 is 4.92 Å². The maximum Gasteiger partial charge on any atom is 0.300 e. The van der Waals surface area contributed by atoms with E-state index in [2.05, 4.69) is 10.3 Å². The fourth-order valence-corrected chi connectivity index (χ4v) is 3.89. The lowest BCUT2D eigenvalue weighted by molar-refractivity contribution is -0.383. The third-order valence-corrected chi connectivity index (χ3v) is 4.86. The Morgan fingerprint density at radius 3 is 2.68 bits per heavy atom. The molecule has 1 aliphatic carbocycles. The van der Waals surface area contributed by atoms with Crippen molar-refractivity contribution >= 4 is 32.4 Å². The molecule has 0 aliphatic heterocycles. The molecule has 1 fully saturated rings. The first-order chi connectivity index (χ1) is 10.6. The summed E-state index contributed by atoms with van der Waals surface area (Å²) in [4.78, 5) is 15.3. The lowest BCUT2D eigenvalue weighted by Crippen LogP contribution is -2.13. The van der Waals surface area contributed by atoms with Gasteiger partial charge >= 0.3 is 0 Å². The number of hydrogen-bond donors (Lipinski definition) is 1. The highest BCUT2D eigenvalue weighted by Gasteiger charge is 2.25. The maximum atomic E-state index is 11.3. The molecule has 0 saturated heterocycles. The molecule has 0 spiro atoms. The smallest absolute Gasteiger partial charge is 0.300 e. The van der Waals surface area contributed by atoms with E-state index >= 15 is 0 Å². The molecule has 118 valence electrons. The molecule has 0 amide bonds. The molecule has 0 bridgehead atoms. The molecule has 8 heteroatoms. The van der Waals surface area contributed by atoms with Crippen molar-refractivity contribution in [3.63, 3.8) is 0 Å². The van der Waals surface area contributed by atoms with Crippen LogP contribution in [-0.4, -0.2) is 30.2 Å². The van der Waals surface area contributed by atoms with Gasteiger partial charge in [-0.05, 0) is 12.8 Å². The summed E-state index contributed by atoms with van der Waals surface area (Å²) in [7, 11) is 2.99. The van der Waals surface area contributed by atoms with Crippen molar-refractivity contribution in [3.8, 4) is 11.5 Å². The topological polar surface area (TPSA) is 86.5 Å². The molecule has 1 aromatic carbocycles. The molecule has 0 radical (unpaired) electrons. The average Bonchev–Trinajstić information content (AvgIpc) is 3.14. The zero-order chi connectivity index (χ0) is 15.7. The first-order valence-corrected chi connectivity index (χ1v) is 7.92. The van der Waals surface area contributed by atoms with Crippen molar-refractivity contribution in [2.45, 2.75) is 31.7 Å². The molecule has 1 heterocycles. The van der Waals surface area contributed by atoms with E-state index in [4.69, 9.17) is 9.47 Å². The van der Waals surface area contributed by atoms with Crippen molar-refractivity contribution in [2.24, 2.45) is 0 Å². The van der Waals surface area contributed by atoms with Gasteiger partial charge in [0.05, 0.1) is 25.2 Å². The minimum Gasteiger partial charge on any atom is -0.493 e. The number of nitro benzene ring substituents is 1. The number of methoxy groups -OCH3 is 2. The second kappa shape index (κ2) is 5.96. The number of nitro groups is 1. The molecule has 0 unspecified atom stereocenters. The van der Waals surface area contributed by atoms with Crippen LogP contribution in [0.2, 0.25) is 0 Å². The monoisotopic (exact) mass is 323 g/mol. The summed E-state index contributed by atoms with van der Waals surface area (Å²) < 4.78 is 11.2. The van der Waals surface area contributed by atoms with Gasteiger partial charge in [-0.15, -0.1) is 0 Å². The van der Waals surface area contributed by atoms with E-state index in [0.717, 1.165) is 12.8 Å². The van der Waals surface area contributed by atoms with Gasteiger partial charge in [-0.2, -0.15) is 0 Å². The third kappa shape index (κ3) is 2.54. The Morgan fingerprint density at radius 2 is 2.09 bits per heavy atom. The quantitative estimate of drug-likeness (QED) is 0.668. The van der Waals surface area contributed by atoms with Gasteiger partial charge < -0.3 is 14.8 Å². The minimum atomic E-state index is -0.441. The van der Waals surface area contributed by atoms with Crippen LogP contribution in [0.25, 0.3) is 10.2 Å². The van der Waals surface area contributed by atoms with Crippen LogP contribution in [0, 0.1) is 10.1 Å². The number of fused-ring (bicyclic) bond motifs is 1. The number of benzene rings is 1. The second-order valence-electron chi connectivity index (χ2n) is 5.21. The van der Waals surface area contributed by atoms with Crippen LogP contribution >= 0.6 is 11.3 Å². The number of rotatable bonds is 5. The molecule has 1 aliphatic rings.